The molecule has 1 unspecified atom stereocenters. The molecule has 2 aromatic rings. The molecule has 0 saturated carbocycles. The Morgan fingerprint density at radius 1 is 1.30 bits per heavy atom. The fraction of sp³-hybridized carbons (Fsp3) is 0.250. The van der Waals surface area contributed by atoms with Crippen molar-refractivity contribution in [3.8, 4) is 6.07 Å². The molecule has 0 aliphatic heterocycles. The van der Waals surface area contributed by atoms with E-state index in [1.807, 2.05) is 6.07 Å². The normalized spacial score (nSPS) is 12.1. The summed E-state index contributed by atoms with van der Waals surface area (Å²) in [5.41, 5.74) is 0.298. The molecular weight excluding hydrogens is 377 g/mol. The first-order valence-corrected chi connectivity index (χ1v) is 9.35. The number of halogens is 1. The minimum atomic E-state index is -4.13. The van der Waals surface area contributed by atoms with Gasteiger partial charge < -0.3 is 10.6 Å². The molecule has 11 heteroatoms. The monoisotopic (exact) mass is 393 g/mol. The highest BCUT2D eigenvalue weighted by Crippen LogP contribution is 2.15. The molecule has 0 aliphatic rings. The first-order chi connectivity index (χ1) is 12.6. The van der Waals surface area contributed by atoms with Crippen LogP contribution in [0.15, 0.2) is 30.5 Å². The van der Waals surface area contributed by atoms with Gasteiger partial charge in [-0.15, -0.1) is 0 Å². The summed E-state index contributed by atoms with van der Waals surface area (Å²) >= 11 is 0. The minimum absolute atomic E-state index is 0.0558. The van der Waals surface area contributed by atoms with Crippen molar-refractivity contribution in [2.75, 3.05) is 16.4 Å². The molecule has 0 fully saturated rings. The molecular formula is C16H16FN5O4S. The summed E-state index contributed by atoms with van der Waals surface area (Å²) in [6.45, 7) is 1.14. The van der Waals surface area contributed by atoms with E-state index >= 15 is 0 Å². The van der Waals surface area contributed by atoms with Gasteiger partial charge in [-0.3, -0.25) is 14.3 Å². The van der Waals surface area contributed by atoms with E-state index in [4.69, 9.17) is 5.26 Å². The highest BCUT2D eigenvalue weighted by Gasteiger charge is 2.31. The van der Waals surface area contributed by atoms with Crippen LogP contribution in [0.3, 0.4) is 0 Å². The fourth-order valence-electron chi connectivity index (χ4n) is 2.09. The molecule has 2 rings (SSSR count). The number of aryl methyl sites for hydroxylation is 1. The minimum Gasteiger partial charge on any atom is -0.325 e. The first-order valence-electron chi connectivity index (χ1n) is 7.64. The van der Waals surface area contributed by atoms with Gasteiger partial charge in [-0.1, -0.05) is 0 Å². The highest BCUT2D eigenvalue weighted by molar-refractivity contribution is 7.93. The predicted molar refractivity (Wildman–Crippen MR) is 94.8 cm³/mol. The van der Waals surface area contributed by atoms with Crippen LogP contribution in [-0.4, -0.2) is 41.0 Å². The molecule has 1 aromatic carbocycles. The fourth-order valence-corrected chi connectivity index (χ4v) is 3.16. The Hall–Kier alpha value is -3.26. The smallest absolute Gasteiger partial charge is 0.243 e. The summed E-state index contributed by atoms with van der Waals surface area (Å²) in [5, 5.41) is 15.9. The van der Waals surface area contributed by atoms with Crippen molar-refractivity contribution < 1.29 is 22.4 Å². The summed E-state index contributed by atoms with van der Waals surface area (Å²) < 4.78 is 38.7. The Morgan fingerprint density at radius 3 is 2.52 bits per heavy atom. The molecule has 0 saturated heterocycles. The van der Waals surface area contributed by atoms with Gasteiger partial charge in [0, 0.05) is 12.7 Å². The van der Waals surface area contributed by atoms with E-state index in [2.05, 4.69) is 15.7 Å². The van der Waals surface area contributed by atoms with E-state index in [1.165, 1.54) is 30.1 Å². The molecule has 1 aromatic heterocycles. The van der Waals surface area contributed by atoms with E-state index in [1.54, 1.807) is 0 Å². The number of amides is 2. The lowest BCUT2D eigenvalue weighted by Gasteiger charge is -2.13. The van der Waals surface area contributed by atoms with Crippen molar-refractivity contribution in [2.24, 2.45) is 7.05 Å². The molecule has 0 radical (unpaired) electrons. The maximum atomic E-state index is 12.8. The number of sulfone groups is 1. The first kappa shape index (κ1) is 20.1. The zero-order chi connectivity index (χ0) is 20.2. The number of aromatic nitrogens is 2. The molecule has 2 N–H and O–H groups in total. The number of nitrogens with zero attached hydrogens (tertiary/aromatic N) is 3. The van der Waals surface area contributed by atoms with Crippen LogP contribution in [0.25, 0.3) is 0 Å². The van der Waals surface area contributed by atoms with Gasteiger partial charge in [-0.05, 0) is 31.2 Å². The topological polar surface area (TPSA) is 134 Å². The molecule has 1 atom stereocenters. The lowest BCUT2D eigenvalue weighted by atomic mass is 10.3. The molecule has 142 valence electrons. The summed E-state index contributed by atoms with van der Waals surface area (Å²) in [4.78, 5) is 24.2. The maximum Gasteiger partial charge on any atom is 0.243 e. The average molecular weight is 393 g/mol. The zero-order valence-corrected chi connectivity index (χ0v) is 15.2. The van der Waals surface area contributed by atoms with Crippen LogP contribution in [0.1, 0.15) is 12.5 Å². The van der Waals surface area contributed by atoms with Crippen molar-refractivity contribution in [1.29, 1.82) is 5.26 Å². The van der Waals surface area contributed by atoms with Gasteiger partial charge in [0.25, 0.3) is 0 Å². The number of nitriles is 1. The number of anilines is 2. The summed E-state index contributed by atoms with van der Waals surface area (Å²) in [6, 6.07) is 6.61. The highest BCUT2D eigenvalue weighted by atomic mass is 32.2. The molecule has 0 spiro atoms. The van der Waals surface area contributed by atoms with Crippen LogP contribution in [0, 0.1) is 17.1 Å². The lowest BCUT2D eigenvalue weighted by molar-refractivity contribution is -0.115. The van der Waals surface area contributed by atoms with Crippen molar-refractivity contribution in [3.05, 3.63) is 41.8 Å². The van der Waals surface area contributed by atoms with Crippen LogP contribution in [0.5, 0.6) is 0 Å². The van der Waals surface area contributed by atoms with Crippen LogP contribution < -0.4 is 10.6 Å². The van der Waals surface area contributed by atoms with E-state index < -0.39 is 38.5 Å². The van der Waals surface area contributed by atoms with E-state index in [0.29, 0.717) is 0 Å². The van der Waals surface area contributed by atoms with Gasteiger partial charge in [-0.2, -0.15) is 10.4 Å². The molecule has 9 nitrogen and oxygen atoms in total. The number of carbonyl (C=O) groups excluding carboxylic acids is 2. The number of rotatable bonds is 6. The van der Waals surface area contributed by atoms with Gasteiger partial charge in [0.2, 0.25) is 11.8 Å². The van der Waals surface area contributed by atoms with Gasteiger partial charge in [0.15, 0.2) is 9.84 Å². The number of benzene rings is 1. The Labute approximate surface area is 154 Å². The van der Waals surface area contributed by atoms with E-state index in [9.17, 15) is 22.4 Å². The second-order valence-electron chi connectivity index (χ2n) is 5.64. The number of hydrogen-bond acceptors (Lipinski definition) is 6. The number of hydrogen-bond donors (Lipinski definition) is 2. The molecule has 0 bridgehead atoms. The maximum absolute atomic E-state index is 12.8. The van der Waals surface area contributed by atoms with Gasteiger partial charge >= 0.3 is 0 Å². The number of nitrogens with one attached hydrogen (secondary N) is 2. The summed E-state index contributed by atoms with van der Waals surface area (Å²) in [7, 11) is -2.66. The van der Waals surface area contributed by atoms with Gasteiger partial charge in [0.05, 0.1) is 6.20 Å². The molecule has 2 amide bonds. The molecule has 1 heterocycles. The average Bonchev–Trinajstić information content (AvgIpc) is 2.95. The van der Waals surface area contributed by atoms with Crippen LogP contribution in [0.2, 0.25) is 0 Å². The summed E-state index contributed by atoms with van der Waals surface area (Å²) in [5.74, 6) is -3.14. The quantitative estimate of drug-likeness (QED) is 0.746. The zero-order valence-electron chi connectivity index (χ0n) is 14.4. The Balaban J connectivity index is 2.05. The van der Waals surface area contributed by atoms with Gasteiger partial charge in [0.1, 0.15) is 34.3 Å². The third-order valence-electron chi connectivity index (χ3n) is 3.67. The van der Waals surface area contributed by atoms with Crippen molar-refractivity contribution in [2.45, 2.75) is 12.2 Å². The van der Waals surface area contributed by atoms with Crippen LogP contribution in [0.4, 0.5) is 15.9 Å². The Bertz CT molecular complexity index is 1010. The predicted octanol–water partition coefficient (Wildman–Crippen LogP) is 0.811. The van der Waals surface area contributed by atoms with Crippen molar-refractivity contribution >= 4 is 33.2 Å². The van der Waals surface area contributed by atoms with Gasteiger partial charge in [-0.25, -0.2) is 12.8 Å². The molecule has 27 heavy (non-hydrogen) atoms. The third-order valence-corrected chi connectivity index (χ3v) is 5.62. The standard InChI is InChI=1S/C16H16FN5O4S/c1-10(16(24)21-15-11(7-18)8-19-22(15)2)27(25,26)9-14(23)20-13-5-3-12(17)4-6-13/h3-6,8,10H,9H2,1-2H3,(H,20,23)(H,21,24). The van der Waals surface area contributed by atoms with Crippen molar-refractivity contribution in [1.82, 2.24) is 9.78 Å². The number of carbonyl (C=O) groups is 2. The van der Waals surface area contributed by atoms with Crippen molar-refractivity contribution in [3.63, 3.8) is 0 Å². The van der Waals surface area contributed by atoms with E-state index in [0.717, 1.165) is 19.1 Å². The third kappa shape index (κ3) is 4.89. The molecule has 0 aliphatic carbocycles. The Kier molecular flexibility index (Phi) is 5.91. The second-order valence-corrected chi connectivity index (χ2v) is 7.96. The van der Waals surface area contributed by atoms with Crippen LogP contribution >= 0.6 is 0 Å². The summed E-state index contributed by atoms with van der Waals surface area (Å²) in [6.07, 6.45) is 1.23. The largest absolute Gasteiger partial charge is 0.325 e. The SMILES string of the molecule is CC(C(=O)Nc1c(C#N)cnn1C)S(=O)(=O)CC(=O)Nc1ccc(F)cc1. The lowest BCUT2D eigenvalue weighted by Crippen LogP contribution is -2.37. The Morgan fingerprint density at radius 2 is 1.93 bits per heavy atom. The van der Waals surface area contributed by atoms with E-state index in [-0.39, 0.29) is 17.1 Å². The van der Waals surface area contributed by atoms with Crippen LogP contribution in [-0.2, 0) is 26.5 Å². The second kappa shape index (κ2) is 7.96.